The van der Waals surface area contributed by atoms with E-state index < -0.39 is 0 Å². The Morgan fingerprint density at radius 1 is 1.50 bits per heavy atom. The molecule has 0 saturated carbocycles. The van der Waals surface area contributed by atoms with E-state index in [1.165, 1.54) is 0 Å². The molecular formula is C16H24N6O2. The van der Waals surface area contributed by atoms with Crippen LogP contribution in [0.15, 0.2) is 6.33 Å². The summed E-state index contributed by atoms with van der Waals surface area (Å²) in [6.45, 7) is 10.3. The number of nitrogens with one attached hydrogen (secondary N) is 1. The van der Waals surface area contributed by atoms with Crippen LogP contribution in [0.4, 0.5) is 0 Å². The molecule has 2 aromatic rings. The fourth-order valence-corrected chi connectivity index (χ4v) is 3.04. The van der Waals surface area contributed by atoms with Crippen molar-refractivity contribution in [3.05, 3.63) is 29.1 Å². The molecule has 0 spiro atoms. The van der Waals surface area contributed by atoms with Crippen LogP contribution >= 0.6 is 0 Å². The largest absolute Gasteiger partial charge is 0.366 e. The van der Waals surface area contributed by atoms with Crippen molar-refractivity contribution in [3.8, 4) is 0 Å². The van der Waals surface area contributed by atoms with Crippen LogP contribution in [0.25, 0.3) is 0 Å². The van der Waals surface area contributed by atoms with E-state index in [0.717, 1.165) is 23.8 Å². The Hall–Kier alpha value is -2.22. The van der Waals surface area contributed by atoms with Crippen LogP contribution in [0.2, 0.25) is 0 Å². The number of ether oxygens (including phenoxy) is 1. The first kappa shape index (κ1) is 16.6. The van der Waals surface area contributed by atoms with Crippen molar-refractivity contribution in [1.82, 2.24) is 29.9 Å². The number of hydrogen-bond acceptors (Lipinski definition) is 5. The zero-order valence-electron chi connectivity index (χ0n) is 14.6. The van der Waals surface area contributed by atoms with Crippen molar-refractivity contribution in [2.45, 2.75) is 46.3 Å². The number of nitrogens with zero attached hydrogens (tertiary/aromatic N) is 5. The predicted octanol–water partition coefficient (Wildman–Crippen LogP) is 1.67. The summed E-state index contributed by atoms with van der Waals surface area (Å²) in [6, 6.07) is 0. The van der Waals surface area contributed by atoms with E-state index in [-0.39, 0.29) is 17.9 Å². The van der Waals surface area contributed by atoms with Gasteiger partial charge in [-0.1, -0.05) is 13.8 Å². The van der Waals surface area contributed by atoms with Crippen LogP contribution < -0.4 is 0 Å². The number of aromatic amines is 1. The molecule has 0 radical (unpaired) electrons. The third kappa shape index (κ3) is 2.93. The number of carbonyl (C=O) groups excluding carboxylic acids is 1. The Bertz CT molecular complexity index is 720. The SMILES string of the molecule is CCn1cnnc1[C@H]1CN(C(=O)c2c(C(C)C)n[nH]c2C)CCO1. The quantitative estimate of drug-likeness (QED) is 0.920. The van der Waals surface area contributed by atoms with Gasteiger partial charge in [-0.15, -0.1) is 10.2 Å². The number of H-pyrrole nitrogens is 1. The normalized spacial score (nSPS) is 18.4. The number of aromatic nitrogens is 5. The third-order valence-electron chi connectivity index (χ3n) is 4.36. The zero-order valence-corrected chi connectivity index (χ0v) is 14.6. The maximum Gasteiger partial charge on any atom is 0.257 e. The van der Waals surface area contributed by atoms with Gasteiger partial charge < -0.3 is 14.2 Å². The van der Waals surface area contributed by atoms with Gasteiger partial charge in [-0.25, -0.2) is 0 Å². The number of morpholine rings is 1. The number of carbonyl (C=O) groups is 1. The summed E-state index contributed by atoms with van der Waals surface area (Å²) in [7, 11) is 0. The fourth-order valence-electron chi connectivity index (χ4n) is 3.04. The first-order valence-electron chi connectivity index (χ1n) is 8.36. The van der Waals surface area contributed by atoms with Gasteiger partial charge in [-0.05, 0) is 19.8 Å². The molecule has 8 heteroatoms. The first-order chi connectivity index (χ1) is 11.5. The molecule has 3 rings (SSSR count). The highest BCUT2D eigenvalue weighted by Crippen LogP contribution is 2.25. The third-order valence-corrected chi connectivity index (χ3v) is 4.36. The second kappa shape index (κ2) is 6.72. The summed E-state index contributed by atoms with van der Waals surface area (Å²) in [5.41, 5.74) is 2.31. The van der Waals surface area contributed by atoms with Crippen molar-refractivity contribution >= 4 is 5.91 Å². The average molecular weight is 332 g/mol. The van der Waals surface area contributed by atoms with Gasteiger partial charge in [0.05, 0.1) is 24.4 Å². The topological polar surface area (TPSA) is 88.9 Å². The van der Waals surface area contributed by atoms with Gasteiger partial charge in [0.25, 0.3) is 5.91 Å². The van der Waals surface area contributed by atoms with Gasteiger partial charge in [-0.3, -0.25) is 9.89 Å². The summed E-state index contributed by atoms with van der Waals surface area (Å²) in [4.78, 5) is 14.9. The summed E-state index contributed by atoms with van der Waals surface area (Å²) >= 11 is 0. The molecule has 1 aliphatic rings. The Morgan fingerprint density at radius 3 is 3.00 bits per heavy atom. The van der Waals surface area contributed by atoms with Crippen molar-refractivity contribution in [3.63, 3.8) is 0 Å². The van der Waals surface area contributed by atoms with Crippen molar-refractivity contribution < 1.29 is 9.53 Å². The maximum atomic E-state index is 13.0. The van der Waals surface area contributed by atoms with Crippen LogP contribution in [-0.4, -0.2) is 55.5 Å². The van der Waals surface area contributed by atoms with E-state index in [1.54, 1.807) is 6.33 Å². The molecule has 1 N–H and O–H groups in total. The number of aryl methyl sites for hydroxylation is 2. The molecular weight excluding hydrogens is 308 g/mol. The number of rotatable bonds is 4. The lowest BCUT2D eigenvalue weighted by Gasteiger charge is -2.32. The molecule has 0 unspecified atom stereocenters. The molecule has 1 fully saturated rings. The minimum Gasteiger partial charge on any atom is -0.366 e. The molecule has 130 valence electrons. The van der Waals surface area contributed by atoms with E-state index in [9.17, 15) is 4.79 Å². The molecule has 0 aromatic carbocycles. The molecule has 24 heavy (non-hydrogen) atoms. The van der Waals surface area contributed by atoms with Crippen molar-refractivity contribution in [2.24, 2.45) is 0 Å². The highest BCUT2D eigenvalue weighted by atomic mass is 16.5. The lowest BCUT2D eigenvalue weighted by Crippen LogP contribution is -2.43. The van der Waals surface area contributed by atoms with Gasteiger partial charge in [0, 0.05) is 18.8 Å². The molecule has 8 nitrogen and oxygen atoms in total. The van der Waals surface area contributed by atoms with Crippen molar-refractivity contribution in [2.75, 3.05) is 19.7 Å². The monoisotopic (exact) mass is 332 g/mol. The molecule has 1 aliphatic heterocycles. The lowest BCUT2D eigenvalue weighted by molar-refractivity contribution is -0.0284. The van der Waals surface area contributed by atoms with Crippen LogP contribution in [0.3, 0.4) is 0 Å². The number of amides is 1. The van der Waals surface area contributed by atoms with Crippen LogP contribution in [0, 0.1) is 6.92 Å². The Kier molecular flexibility index (Phi) is 4.66. The Morgan fingerprint density at radius 2 is 2.29 bits per heavy atom. The van der Waals surface area contributed by atoms with Crippen LogP contribution in [-0.2, 0) is 11.3 Å². The highest BCUT2D eigenvalue weighted by Gasteiger charge is 2.31. The van der Waals surface area contributed by atoms with Crippen molar-refractivity contribution in [1.29, 1.82) is 0 Å². The van der Waals surface area contributed by atoms with Gasteiger partial charge in [0.1, 0.15) is 12.4 Å². The van der Waals surface area contributed by atoms with Gasteiger partial charge >= 0.3 is 0 Å². The summed E-state index contributed by atoms with van der Waals surface area (Å²) in [6.07, 6.45) is 1.44. The molecule has 0 aliphatic carbocycles. The van der Waals surface area contributed by atoms with Gasteiger partial charge in [-0.2, -0.15) is 5.10 Å². The smallest absolute Gasteiger partial charge is 0.257 e. The molecule has 1 saturated heterocycles. The molecule has 3 heterocycles. The molecule has 1 amide bonds. The summed E-state index contributed by atoms with van der Waals surface area (Å²) in [5, 5.41) is 15.4. The highest BCUT2D eigenvalue weighted by molar-refractivity contribution is 5.96. The fraction of sp³-hybridized carbons (Fsp3) is 0.625. The zero-order chi connectivity index (χ0) is 17.3. The number of hydrogen-bond donors (Lipinski definition) is 1. The van der Waals surface area contributed by atoms with E-state index >= 15 is 0 Å². The minimum absolute atomic E-state index is 0.000753. The summed E-state index contributed by atoms with van der Waals surface area (Å²) in [5.74, 6) is 0.956. The lowest BCUT2D eigenvalue weighted by atomic mass is 10.0. The van der Waals surface area contributed by atoms with Crippen LogP contribution in [0.5, 0.6) is 0 Å². The maximum absolute atomic E-state index is 13.0. The Labute approximate surface area is 141 Å². The van der Waals surface area contributed by atoms with E-state index in [0.29, 0.717) is 25.3 Å². The minimum atomic E-state index is -0.250. The second-order valence-electron chi connectivity index (χ2n) is 6.35. The van der Waals surface area contributed by atoms with Gasteiger partial charge in [0.2, 0.25) is 0 Å². The van der Waals surface area contributed by atoms with E-state index in [2.05, 4.69) is 20.4 Å². The van der Waals surface area contributed by atoms with Gasteiger partial charge in [0.15, 0.2) is 5.82 Å². The second-order valence-corrected chi connectivity index (χ2v) is 6.35. The average Bonchev–Trinajstić information content (AvgIpc) is 3.20. The standard InChI is InChI=1S/C16H24N6O2/c1-5-21-9-17-20-15(21)12-8-22(6-7-24-12)16(23)13-11(4)18-19-14(13)10(2)3/h9-10,12H,5-8H2,1-4H3,(H,18,19)/t12-/m1/s1. The Balaban J connectivity index is 1.83. The predicted molar refractivity (Wildman–Crippen MR) is 87.7 cm³/mol. The molecule has 2 aromatic heterocycles. The van der Waals surface area contributed by atoms with E-state index in [1.807, 2.05) is 37.2 Å². The van der Waals surface area contributed by atoms with Crippen LogP contribution in [0.1, 0.15) is 60.4 Å². The molecule has 0 bridgehead atoms. The summed E-state index contributed by atoms with van der Waals surface area (Å²) < 4.78 is 7.78. The first-order valence-corrected chi connectivity index (χ1v) is 8.36. The van der Waals surface area contributed by atoms with E-state index in [4.69, 9.17) is 4.74 Å². The molecule has 1 atom stereocenters.